The van der Waals surface area contributed by atoms with Gasteiger partial charge in [0.15, 0.2) is 5.78 Å². The summed E-state index contributed by atoms with van der Waals surface area (Å²) >= 11 is 0. The topological polar surface area (TPSA) is 97.0 Å². The van der Waals surface area contributed by atoms with Crippen molar-refractivity contribution < 1.29 is 23.9 Å². The minimum absolute atomic E-state index is 0.0113. The van der Waals surface area contributed by atoms with Gasteiger partial charge in [-0.1, -0.05) is 27.2 Å². The summed E-state index contributed by atoms with van der Waals surface area (Å²) in [5.41, 5.74) is -0.123. The third-order valence-corrected chi connectivity index (χ3v) is 5.23. The SMILES string of the molecule is CCC(C)(C)CC(NC(=O)N1CCOCC1)C(=O)N[C@@H]1C(=O)CO[C@H]1C. The Hall–Kier alpha value is -1.67. The quantitative estimate of drug-likeness (QED) is 0.718. The van der Waals surface area contributed by atoms with Crippen molar-refractivity contribution in [3.8, 4) is 0 Å². The lowest BCUT2D eigenvalue weighted by molar-refractivity contribution is -0.128. The molecule has 2 aliphatic rings. The zero-order valence-electron chi connectivity index (χ0n) is 16.2. The zero-order valence-corrected chi connectivity index (χ0v) is 16.2. The minimum atomic E-state index is -0.708. The Morgan fingerprint density at radius 1 is 1.31 bits per heavy atom. The van der Waals surface area contributed by atoms with Gasteiger partial charge in [-0.2, -0.15) is 0 Å². The number of hydrogen-bond donors (Lipinski definition) is 2. The molecule has 0 saturated carbocycles. The maximum atomic E-state index is 12.8. The van der Waals surface area contributed by atoms with Crippen LogP contribution < -0.4 is 10.6 Å². The largest absolute Gasteiger partial charge is 0.378 e. The van der Waals surface area contributed by atoms with Gasteiger partial charge < -0.3 is 25.0 Å². The summed E-state index contributed by atoms with van der Waals surface area (Å²) in [5.74, 6) is -0.484. The molecule has 0 aromatic rings. The maximum absolute atomic E-state index is 12.8. The molecule has 2 fully saturated rings. The predicted molar refractivity (Wildman–Crippen MR) is 95.8 cm³/mol. The van der Waals surface area contributed by atoms with Gasteiger partial charge in [0.25, 0.3) is 0 Å². The molecular formula is C18H31N3O5. The molecule has 0 spiro atoms. The molecule has 3 atom stereocenters. The van der Waals surface area contributed by atoms with Gasteiger partial charge in [-0.15, -0.1) is 0 Å². The number of Topliss-reactive ketones (excluding diaryl/α,β-unsaturated/α-hetero) is 1. The standard InChI is InChI=1S/C18H31N3O5/c1-5-18(3,4)10-13(19-17(24)21-6-8-25-9-7-21)16(23)20-15-12(2)26-11-14(15)22/h12-13,15H,5-11H2,1-4H3,(H,19,24)(H,20,23)/t12-,13?,15-/m0/s1. The molecule has 2 heterocycles. The fourth-order valence-corrected chi connectivity index (χ4v) is 3.03. The maximum Gasteiger partial charge on any atom is 0.318 e. The van der Waals surface area contributed by atoms with E-state index < -0.39 is 12.1 Å². The van der Waals surface area contributed by atoms with Crippen molar-refractivity contribution in [3.05, 3.63) is 0 Å². The second kappa shape index (κ2) is 8.81. The second-order valence-corrected chi connectivity index (χ2v) is 7.79. The van der Waals surface area contributed by atoms with E-state index in [1.165, 1.54) is 0 Å². The van der Waals surface area contributed by atoms with E-state index in [2.05, 4.69) is 31.4 Å². The Morgan fingerprint density at radius 3 is 2.50 bits per heavy atom. The molecule has 0 bridgehead atoms. The van der Waals surface area contributed by atoms with Crippen molar-refractivity contribution in [2.45, 2.75) is 58.7 Å². The molecule has 2 aliphatic heterocycles. The van der Waals surface area contributed by atoms with E-state index in [1.54, 1.807) is 11.8 Å². The number of amides is 3. The van der Waals surface area contributed by atoms with Crippen molar-refractivity contribution in [1.29, 1.82) is 0 Å². The number of carbonyl (C=O) groups excluding carboxylic acids is 3. The van der Waals surface area contributed by atoms with E-state index in [0.717, 1.165) is 6.42 Å². The zero-order chi connectivity index (χ0) is 19.3. The molecule has 0 aromatic carbocycles. The van der Waals surface area contributed by atoms with Gasteiger partial charge >= 0.3 is 6.03 Å². The van der Waals surface area contributed by atoms with Gasteiger partial charge in [0, 0.05) is 13.1 Å². The monoisotopic (exact) mass is 369 g/mol. The molecule has 0 aromatic heterocycles. The Morgan fingerprint density at radius 2 is 1.96 bits per heavy atom. The van der Waals surface area contributed by atoms with Crippen LogP contribution in [0.3, 0.4) is 0 Å². The molecular weight excluding hydrogens is 338 g/mol. The van der Waals surface area contributed by atoms with Crippen LogP contribution in [0, 0.1) is 5.41 Å². The van der Waals surface area contributed by atoms with E-state index in [4.69, 9.17) is 9.47 Å². The van der Waals surface area contributed by atoms with Gasteiger partial charge in [0.2, 0.25) is 5.91 Å². The normalized spacial score (nSPS) is 25.1. The molecule has 2 N–H and O–H groups in total. The van der Waals surface area contributed by atoms with Crippen LogP contribution in [0.4, 0.5) is 4.79 Å². The van der Waals surface area contributed by atoms with Crippen LogP contribution in [0.1, 0.15) is 40.5 Å². The van der Waals surface area contributed by atoms with E-state index in [0.29, 0.717) is 32.7 Å². The third kappa shape index (κ3) is 5.41. The summed E-state index contributed by atoms with van der Waals surface area (Å²) in [4.78, 5) is 38.9. The van der Waals surface area contributed by atoms with E-state index in [-0.39, 0.29) is 35.8 Å². The number of hydrogen-bond acceptors (Lipinski definition) is 5. The molecule has 2 saturated heterocycles. The molecule has 1 unspecified atom stereocenters. The molecule has 0 aliphatic carbocycles. The number of ketones is 1. The summed E-state index contributed by atoms with van der Waals surface area (Å²) in [6, 6.07) is -1.64. The van der Waals surface area contributed by atoms with Crippen molar-refractivity contribution in [2.24, 2.45) is 5.41 Å². The van der Waals surface area contributed by atoms with Gasteiger partial charge in [-0.25, -0.2) is 4.79 Å². The molecule has 2 rings (SSSR count). The first-order chi connectivity index (χ1) is 12.2. The predicted octanol–water partition coefficient (Wildman–Crippen LogP) is 0.696. The van der Waals surface area contributed by atoms with Crippen LogP contribution in [0.5, 0.6) is 0 Å². The minimum Gasteiger partial charge on any atom is -0.378 e. The van der Waals surface area contributed by atoms with E-state index in [9.17, 15) is 14.4 Å². The van der Waals surface area contributed by atoms with Crippen molar-refractivity contribution >= 4 is 17.7 Å². The first-order valence-electron chi connectivity index (χ1n) is 9.31. The van der Waals surface area contributed by atoms with Gasteiger partial charge in [0.05, 0.1) is 19.3 Å². The number of morpholine rings is 1. The lowest BCUT2D eigenvalue weighted by Gasteiger charge is -2.32. The lowest BCUT2D eigenvalue weighted by Crippen LogP contribution is -2.57. The first-order valence-corrected chi connectivity index (χ1v) is 9.31. The molecule has 8 heteroatoms. The van der Waals surface area contributed by atoms with E-state index in [1.807, 2.05) is 0 Å². The lowest BCUT2D eigenvalue weighted by atomic mass is 9.83. The smallest absolute Gasteiger partial charge is 0.318 e. The highest BCUT2D eigenvalue weighted by atomic mass is 16.5. The number of ether oxygens (including phenoxy) is 2. The summed E-state index contributed by atoms with van der Waals surface area (Å²) in [6.07, 6.45) is 0.995. The number of nitrogens with zero attached hydrogens (tertiary/aromatic N) is 1. The van der Waals surface area contributed by atoms with Crippen LogP contribution in [0.25, 0.3) is 0 Å². The Labute approximate surface area is 155 Å². The highest BCUT2D eigenvalue weighted by Gasteiger charge is 2.37. The first kappa shape index (κ1) is 20.6. The molecule has 148 valence electrons. The molecule has 8 nitrogen and oxygen atoms in total. The number of carbonyl (C=O) groups is 3. The second-order valence-electron chi connectivity index (χ2n) is 7.79. The fraction of sp³-hybridized carbons (Fsp3) is 0.833. The Bertz CT molecular complexity index is 531. The number of urea groups is 1. The van der Waals surface area contributed by atoms with Crippen molar-refractivity contribution in [1.82, 2.24) is 15.5 Å². The molecule has 3 amide bonds. The molecule has 26 heavy (non-hydrogen) atoms. The highest BCUT2D eigenvalue weighted by molar-refractivity contribution is 5.94. The van der Waals surface area contributed by atoms with Crippen LogP contribution in [0.2, 0.25) is 0 Å². The average molecular weight is 369 g/mol. The summed E-state index contributed by atoms with van der Waals surface area (Å²) in [7, 11) is 0. The summed E-state index contributed by atoms with van der Waals surface area (Å²) in [5, 5.41) is 5.61. The number of rotatable bonds is 6. The van der Waals surface area contributed by atoms with Crippen LogP contribution >= 0.6 is 0 Å². The Balaban J connectivity index is 2.05. The highest BCUT2D eigenvalue weighted by Crippen LogP contribution is 2.26. The fourth-order valence-electron chi connectivity index (χ4n) is 3.03. The van der Waals surface area contributed by atoms with Gasteiger partial charge in [0.1, 0.15) is 18.7 Å². The molecule has 0 radical (unpaired) electrons. The van der Waals surface area contributed by atoms with Crippen molar-refractivity contribution in [3.63, 3.8) is 0 Å². The van der Waals surface area contributed by atoms with Crippen molar-refractivity contribution in [2.75, 3.05) is 32.9 Å². The van der Waals surface area contributed by atoms with Gasteiger partial charge in [-0.3, -0.25) is 9.59 Å². The Kier molecular flexibility index (Phi) is 7.00. The van der Waals surface area contributed by atoms with Crippen LogP contribution in [0.15, 0.2) is 0 Å². The van der Waals surface area contributed by atoms with Crippen LogP contribution in [-0.4, -0.2) is 73.7 Å². The van der Waals surface area contributed by atoms with Gasteiger partial charge in [-0.05, 0) is 18.8 Å². The summed E-state index contributed by atoms with van der Waals surface area (Å²) < 4.78 is 10.5. The average Bonchev–Trinajstić information content (AvgIpc) is 2.93. The summed E-state index contributed by atoms with van der Waals surface area (Å²) in [6.45, 7) is 9.93. The van der Waals surface area contributed by atoms with E-state index >= 15 is 0 Å². The third-order valence-electron chi connectivity index (χ3n) is 5.23. The van der Waals surface area contributed by atoms with Crippen LogP contribution in [-0.2, 0) is 19.1 Å². The number of nitrogens with one attached hydrogen (secondary N) is 2.